The molecule has 1 saturated carbocycles. The zero-order valence-corrected chi connectivity index (χ0v) is 11.9. The number of imidazole rings is 1. The van der Waals surface area contributed by atoms with Crippen LogP contribution in [0.5, 0.6) is 0 Å². The van der Waals surface area contributed by atoms with Crippen molar-refractivity contribution in [2.75, 3.05) is 0 Å². The summed E-state index contributed by atoms with van der Waals surface area (Å²) in [5.74, 6) is 1.91. The Balaban J connectivity index is 2.00. The normalized spacial score (nSPS) is 23.9. The Morgan fingerprint density at radius 2 is 2.22 bits per heavy atom. The van der Waals surface area contributed by atoms with E-state index in [1.165, 1.54) is 35.5 Å². The van der Waals surface area contributed by atoms with Crippen LogP contribution in [0.25, 0.3) is 11.4 Å². The van der Waals surface area contributed by atoms with Crippen LogP contribution in [0.15, 0.2) is 28.9 Å². The SMILES string of the molecule is CCc1cn2c(n1)-c1cc(Br)ccc1C1CC2C1. The largest absolute Gasteiger partial charge is 0.328 e. The van der Waals surface area contributed by atoms with Crippen LogP contribution in [0.2, 0.25) is 0 Å². The number of hydrogen-bond acceptors (Lipinski definition) is 1. The second-order valence-electron chi connectivity index (χ2n) is 5.37. The summed E-state index contributed by atoms with van der Waals surface area (Å²) in [5, 5.41) is 0. The molecular weight excluding hydrogens is 288 g/mol. The van der Waals surface area contributed by atoms with Gasteiger partial charge in [0.05, 0.1) is 5.69 Å². The predicted molar refractivity (Wildman–Crippen MR) is 75.8 cm³/mol. The topological polar surface area (TPSA) is 17.8 Å². The third-order valence-corrected chi connectivity index (χ3v) is 4.84. The van der Waals surface area contributed by atoms with E-state index in [1.807, 2.05) is 0 Å². The van der Waals surface area contributed by atoms with Crippen molar-refractivity contribution in [3.63, 3.8) is 0 Å². The fourth-order valence-electron chi connectivity index (χ4n) is 3.24. The van der Waals surface area contributed by atoms with Crippen LogP contribution in [0.3, 0.4) is 0 Å². The molecule has 0 amide bonds. The summed E-state index contributed by atoms with van der Waals surface area (Å²) < 4.78 is 3.56. The lowest BCUT2D eigenvalue weighted by Crippen LogP contribution is -2.22. The molecule has 1 aliphatic carbocycles. The van der Waals surface area contributed by atoms with Crippen molar-refractivity contribution < 1.29 is 0 Å². The Kier molecular flexibility index (Phi) is 2.22. The molecule has 0 radical (unpaired) electrons. The van der Waals surface area contributed by atoms with Gasteiger partial charge in [-0.25, -0.2) is 4.98 Å². The maximum Gasteiger partial charge on any atom is 0.140 e. The Morgan fingerprint density at radius 1 is 1.39 bits per heavy atom. The van der Waals surface area contributed by atoms with Gasteiger partial charge in [-0.2, -0.15) is 0 Å². The van der Waals surface area contributed by atoms with Gasteiger partial charge >= 0.3 is 0 Å². The summed E-state index contributed by atoms with van der Waals surface area (Å²) in [4.78, 5) is 4.83. The summed E-state index contributed by atoms with van der Waals surface area (Å²) in [7, 11) is 0. The standard InChI is InChI=1S/C15H15BrN2/c1-2-11-8-18-12-5-9(6-12)13-4-3-10(16)7-14(13)15(18)17-11/h3-4,7-9,12H,2,5-6H2,1H3. The molecule has 1 aromatic carbocycles. The van der Waals surface area contributed by atoms with Crippen molar-refractivity contribution in [2.24, 2.45) is 0 Å². The van der Waals surface area contributed by atoms with Crippen LogP contribution in [0, 0.1) is 0 Å². The first-order valence-electron chi connectivity index (χ1n) is 6.64. The highest BCUT2D eigenvalue weighted by Crippen LogP contribution is 2.52. The van der Waals surface area contributed by atoms with Crippen molar-refractivity contribution in [2.45, 2.75) is 38.1 Å². The zero-order chi connectivity index (χ0) is 12.3. The van der Waals surface area contributed by atoms with E-state index in [2.05, 4.69) is 51.8 Å². The van der Waals surface area contributed by atoms with Gasteiger partial charge < -0.3 is 4.57 Å². The molecule has 2 nitrogen and oxygen atoms in total. The van der Waals surface area contributed by atoms with Gasteiger partial charge in [0.25, 0.3) is 0 Å². The molecule has 0 unspecified atom stereocenters. The van der Waals surface area contributed by atoms with E-state index >= 15 is 0 Å². The third kappa shape index (κ3) is 1.37. The van der Waals surface area contributed by atoms with Gasteiger partial charge in [0.2, 0.25) is 0 Å². The number of benzene rings is 1. The Labute approximate surface area is 115 Å². The van der Waals surface area contributed by atoms with Crippen molar-refractivity contribution in [3.8, 4) is 11.4 Å². The monoisotopic (exact) mass is 302 g/mol. The zero-order valence-electron chi connectivity index (χ0n) is 10.4. The number of halogens is 1. The Bertz CT molecular complexity index is 623. The molecule has 1 aromatic heterocycles. The quantitative estimate of drug-likeness (QED) is 0.767. The number of hydrogen-bond donors (Lipinski definition) is 0. The van der Waals surface area contributed by atoms with E-state index in [0.717, 1.165) is 16.8 Å². The maximum absolute atomic E-state index is 4.83. The third-order valence-electron chi connectivity index (χ3n) is 4.35. The number of rotatable bonds is 1. The van der Waals surface area contributed by atoms with E-state index in [0.29, 0.717) is 6.04 Å². The lowest BCUT2D eigenvalue weighted by Gasteiger charge is -2.34. The molecule has 92 valence electrons. The molecule has 0 atom stereocenters. The smallest absolute Gasteiger partial charge is 0.140 e. The fourth-order valence-corrected chi connectivity index (χ4v) is 3.60. The molecule has 3 heteroatoms. The van der Waals surface area contributed by atoms with Crippen molar-refractivity contribution in [1.82, 2.24) is 9.55 Å². The van der Waals surface area contributed by atoms with Crippen molar-refractivity contribution >= 4 is 15.9 Å². The molecule has 3 aliphatic rings. The Morgan fingerprint density at radius 3 is 3.00 bits per heavy atom. The summed E-state index contributed by atoms with van der Waals surface area (Å²) in [5.41, 5.74) is 4.02. The fraction of sp³-hybridized carbons (Fsp3) is 0.400. The Hall–Kier alpha value is -1.09. The van der Waals surface area contributed by atoms with Gasteiger partial charge in [0.1, 0.15) is 5.82 Å². The molecule has 0 spiro atoms. The van der Waals surface area contributed by atoms with Gasteiger partial charge in [0, 0.05) is 22.3 Å². The summed E-state index contributed by atoms with van der Waals surface area (Å²) in [6, 6.07) is 7.33. The first kappa shape index (κ1) is 10.8. The van der Waals surface area contributed by atoms with Crippen LogP contribution in [0.4, 0.5) is 0 Å². The lowest BCUT2D eigenvalue weighted by atomic mass is 9.76. The highest BCUT2D eigenvalue weighted by molar-refractivity contribution is 9.10. The molecule has 2 aromatic rings. The molecule has 2 aliphatic heterocycles. The minimum Gasteiger partial charge on any atom is -0.328 e. The maximum atomic E-state index is 4.83. The van der Waals surface area contributed by atoms with Gasteiger partial charge in [-0.05, 0) is 42.9 Å². The number of aryl methyl sites for hydroxylation is 1. The summed E-state index contributed by atoms with van der Waals surface area (Å²) in [6.07, 6.45) is 5.83. The first-order chi connectivity index (χ1) is 8.76. The summed E-state index contributed by atoms with van der Waals surface area (Å²) >= 11 is 3.59. The molecule has 1 fully saturated rings. The highest BCUT2D eigenvalue weighted by atomic mass is 79.9. The number of nitrogens with zero attached hydrogens (tertiary/aromatic N) is 2. The van der Waals surface area contributed by atoms with E-state index in [-0.39, 0.29) is 0 Å². The average molecular weight is 303 g/mol. The van der Waals surface area contributed by atoms with E-state index in [4.69, 9.17) is 4.98 Å². The van der Waals surface area contributed by atoms with Gasteiger partial charge in [0.15, 0.2) is 0 Å². The van der Waals surface area contributed by atoms with E-state index < -0.39 is 0 Å². The van der Waals surface area contributed by atoms with Gasteiger partial charge in [-0.1, -0.05) is 28.9 Å². The lowest BCUT2D eigenvalue weighted by molar-refractivity contribution is 0.274. The van der Waals surface area contributed by atoms with Gasteiger partial charge in [-0.15, -0.1) is 0 Å². The second-order valence-corrected chi connectivity index (χ2v) is 6.29. The second kappa shape index (κ2) is 3.70. The molecule has 2 bridgehead atoms. The first-order valence-corrected chi connectivity index (χ1v) is 7.43. The van der Waals surface area contributed by atoms with Crippen LogP contribution < -0.4 is 0 Å². The van der Waals surface area contributed by atoms with E-state index in [9.17, 15) is 0 Å². The molecule has 0 N–H and O–H groups in total. The highest BCUT2D eigenvalue weighted by Gasteiger charge is 2.38. The van der Waals surface area contributed by atoms with Crippen molar-refractivity contribution in [3.05, 3.63) is 40.1 Å². The number of aromatic nitrogens is 2. The van der Waals surface area contributed by atoms with Crippen molar-refractivity contribution in [1.29, 1.82) is 0 Å². The van der Waals surface area contributed by atoms with Crippen LogP contribution in [-0.2, 0) is 6.42 Å². The van der Waals surface area contributed by atoms with Crippen LogP contribution >= 0.6 is 15.9 Å². The minimum atomic E-state index is 0.670. The molecule has 5 rings (SSSR count). The van der Waals surface area contributed by atoms with Crippen LogP contribution in [-0.4, -0.2) is 9.55 Å². The minimum absolute atomic E-state index is 0.670. The average Bonchev–Trinajstić information content (AvgIpc) is 2.64. The molecule has 3 heterocycles. The van der Waals surface area contributed by atoms with E-state index in [1.54, 1.807) is 0 Å². The predicted octanol–water partition coefficient (Wildman–Crippen LogP) is 4.31. The molecule has 18 heavy (non-hydrogen) atoms. The molecule has 0 saturated heterocycles. The van der Waals surface area contributed by atoms with Gasteiger partial charge in [-0.3, -0.25) is 0 Å². The van der Waals surface area contributed by atoms with Crippen LogP contribution in [0.1, 0.15) is 43.0 Å². The molecular formula is C15H15BrN2. The summed E-state index contributed by atoms with van der Waals surface area (Å²) in [6.45, 7) is 2.17.